The van der Waals surface area contributed by atoms with Crippen molar-refractivity contribution in [3.05, 3.63) is 34.1 Å². The van der Waals surface area contributed by atoms with E-state index in [9.17, 15) is 14.9 Å². The highest BCUT2D eigenvalue weighted by atomic mass is 35.5. The van der Waals surface area contributed by atoms with Gasteiger partial charge in [0.15, 0.2) is 0 Å². The Morgan fingerprint density at radius 2 is 2.25 bits per heavy atom. The predicted molar refractivity (Wildman–Crippen MR) is 41.1 cm³/mol. The summed E-state index contributed by atoms with van der Waals surface area (Å²) in [5, 5.41) is 9.43. The lowest BCUT2D eigenvalue weighted by Gasteiger charge is -1.91. The molecule has 0 radical (unpaired) electrons. The fraction of sp³-hybridized carbons (Fsp3) is 0. The minimum absolute atomic E-state index is 0.0193. The maximum Gasteiger partial charge on any atom is 0.288 e. The normalized spacial score (nSPS) is 9.42. The molecule has 0 saturated carbocycles. The Labute approximate surface area is 72.1 Å². The smallest absolute Gasteiger partial charge is 0.276 e. The van der Waals surface area contributed by atoms with Crippen LogP contribution >= 0.6 is 11.6 Å². The lowest BCUT2D eigenvalue weighted by Crippen LogP contribution is -1.94. The van der Waals surface area contributed by atoms with Crippen molar-refractivity contribution in [2.75, 3.05) is 0 Å². The van der Waals surface area contributed by atoms with E-state index in [1.54, 1.807) is 0 Å². The molecule has 0 aliphatic carbocycles. The van der Waals surface area contributed by atoms with Gasteiger partial charge in [0, 0.05) is 12.3 Å². The van der Waals surface area contributed by atoms with Gasteiger partial charge in [-0.3, -0.25) is 19.9 Å². The molecule has 1 aromatic heterocycles. The Morgan fingerprint density at radius 1 is 1.58 bits per heavy atom. The van der Waals surface area contributed by atoms with Gasteiger partial charge in [-0.25, -0.2) is 0 Å². The van der Waals surface area contributed by atoms with E-state index in [0.717, 1.165) is 12.3 Å². The van der Waals surface area contributed by atoms with Gasteiger partial charge in [-0.15, -0.1) is 0 Å². The molecule has 0 N–H and O–H groups in total. The second-order valence-electron chi connectivity index (χ2n) is 1.96. The number of aromatic nitrogens is 1. The molecule has 1 heterocycles. The number of rotatable bonds is 2. The van der Waals surface area contributed by atoms with Crippen LogP contribution in [0.25, 0.3) is 0 Å². The number of carbonyl (C=O) groups is 1. The summed E-state index contributed by atoms with van der Waals surface area (Å²) in [7, 11) is 0. The molecule has 0 bridgehead atoms. The predicted octanol–water partition coefficient (Wildman–Crippen LogP) is 1.37. The van der Waals surface area contributed by atoms with Crippen LogP contribution in [0.2, 0.25) is 0 Å². The first-order valence-electron chi connectivity index (χ1n) is 2.90. The zero-order valence-corrected chi connectivity index (χ0v) is 6.49. The Bertz CT molecular complexity index is 310. The first-order chi connectivity index (χ1) is 5.61. The molecule has 12 heavy (non-hydrogen) atoms. The average molecular weight is 187 g/mol. The van der Waals surface area contributed by atoms with Gasteiger partial charge in [0.1, 0.15) is 6.20 Å². The summed E-state index contributed by atoms with van der Waals surface area (Å²) >= 11 is 5.08. The molecule has 0 aliphatic heterocycles. The van der Waals surface area contributed by atoms with E-state index in [2.05, 4.69) is 4.98 Å². The van der Waals surface area contributed by atoms with Gasteiger partial charge >= 0.3 is 0 Å². The molecular weight excluding hydrogens is 184 g/mol. The van der Waals surface area contributed by atoms with Gasteiger partial charge in [0.25, 0.3) is 10.9 Å². The highest BCUT2D eigenvalue weighted by Gasteiger charge is 2.09. The largest absolute Gasteiger partial charge is 0.288 e. The summed E-state index contributed by atoms with van der Waals surface area (Å²) in [5.74, 6) is 0. The van der Waals surface area contributed by atoms with Crippen LogP contribution in [-0.4, -0.2) is 15.1 Å². The van der Waals surface area contributed by atoms with Gasteiger partial charge in [-0.1, -0.05) is 0 Å². The van der Waals surface area contributed by atoms with Crippen LogP contribution in [0.3, 0.4) is 0 Å². The van der Waals surface area contributed by atoms with Gasteiger partial charge < -0.3 is 0 Å². The highest BCUT2D eigenvalue weighted by molar-refractivity contribution is 6.67. The van der Waals surface area contributed by atoms with Crippen LogP contribution in [-0.2, 0) is 0 Å². The topological polar surface area (TPSA) is 73.1 Å². The zero-order chi connectivity index (χ0) is 9.14. The third kappa shape index (κ3) is 1.76. The van der Waals surface area contributed by atoms with Crippen molar-refractivity contribution in [3.8, 4) is 0 Å². The molecule has 0 unspecified atom stereocenters. The average Bonchev–Trinajstić information content (AvgIpc) is 2.04. The molecule has 0 aromatic carbocycles. The number of hydrogen-bond donors (Lipinski definition) is 0. The Kier molecular flexibility index (Phi) is 2.35. The number of hydrogen-bond acceptors (Lipinski definition) is 4. The molecule has 6 heteroatoms. The van der Waals surface area contributed by atoms with Crippen LogP contribution < -0.4 is 0 Å². The number of pyridine rings is 1. The highest BCUT2D eigenvalue weighted by Crippen LogP contribution is 2.12. The Balaban J connectivity index is 3.12. The molecule has 0 spiro atoms. The van der Waals surface area contributed by atoms with E-state index in [1.165, 1.54) is 6.20 Å². The summed E-state index contributed by atoms with van der Waals surface area (Å²) in [6.07, 6.45) is 2.21. The summed E-state index contributed by atoms with van der Waals surface area (Å²) in [6, 6.07) is 1.07. The van der Waals surface area contributed by atoms with Crippen LogP contribution in [0, 0.1) is 10.1 Å². The summed E-state index contributed by atoms with van der Waals surface area (Å²) in [5.41, 5.74) is -0.229. The fourth-order valence-corrected chi connectivity index (χ4v) is 0.738. The molecule has 0 atom stereocenters. The first kappa shape index (κ1) is 8.61. The molecule has 0 saturated heterocycles. The number of nitro groups is 1. The van der Waals surface area contributed by atoms with Crippen molar-refractivity contribution < 1.29 is 9.72 Å². The van der Waals surface area contributed by atoms with Gasteiger partial charge in [0.2, 0.25) is 0 Å². The first-order valence-corrected chi connectivity index (χ1v) is 3.28. The van der Waals surface area contributed by atoms with Crippen molar-refractivity contribution in [1.29, 1.82) is 0 Å². The molecule has 0 fully saturated rings. The monoisotopic (exact) mass is 186 g/mol. The number of halogens is 1. The minimum atomic E-state index is -0.758. The van der Waals surface area contributed by atoms with Gasteiger partial charge in [-0.2, -0.15) is 0 Å². The minimum Gasteiger partial charge on any atom is -0.276 e. The summed E-state index contributed by atoms with van der Waals surface area (Å²) in [6.45, 7) is 0. The number of nitrogens with zero attached hydrogens (tertiary/aromatic N) is 2. The lowest BCUT2D eigenvalue weighted by atomic mass is 10.3. The lowest BCUT2D eigenvalue weighted by molar-refractivity contribution is -0.385. The van der Waals surface area contributed by atoms with Crippen molar-refractivity contribution >= 4 is 22.5 Å². The van der Waals surface area contributed by atoms with Crippen molar-refractivity contribution in [2.24, 2.45) is 0 Å². The van der Waals surface area contributed by atoms with E-state index >= 15 is 0 Å². The van der Waals surface area contributed by atoms with E-state index in [1.807, 2.05) is 0 Å². The second-order valence-corrected chi connectivity index (χ2v) is 2.31. The third-order valence-electron chi connectivity index (χ3n) is 1.16. The van der Waals surface area contributed by atoms with E-state index < -0.39 is 10.2 Å². The molecule has 0 aliphatic rings. The molecule has 62 valence electrons. The summed E-state index contributed by atoms with van der Waals surface area (Å²) in [4.78, 5) is 23.5. The van der Waals surface area contributed by atoms with E-state index in [0.29, 0.717) is 0 Å². The molecule has 0 amide bonds. The third-order valence-corrected chi connectivity index (χ3v) is 1.38. The summed E-state index contributed by atoms with van der Waals surface area (Å²) < 4.78 is 0. The second kappa shape index (κ2) is 3.27. The zero-order valence-electron chi connectivity index (χ0n) is 5.73. The van der Waals surface area contributed by atoms with Crippen molar-refractivity contribution in [3.63, 3.8) is 0 Å². The molecule has 5 nitrogen and oxygen atoms in total. The van der Waals surface area contributed by atoms with Gasteiger partial charge in [0.05, 0.1) is 10.5 Å². The van der Waals surface area contributed by atoms with Crippen LogP contribution in [0.1, 0.15) is 10.4 Å². The Morgan fingerprint density at radius 3 is 2.75 bits per heavy atom. The van der Waals surface area contributed by atoms with E-state index in [4.69, 9.17) is 11.6 Å². The van der Waals surface area contributed by atoms with Crippen LogP contribution in [0.4, 0.5) is 5.69 Å². The van der Waals surface area contributed by atoms with Crippen LogP contribution in [0.5, 0.6) is 0 Å². The maximum atomic E-state index is 10.5. The SMILES string of the molecule is O=C(Cl)c1cncc([N+](=O)[O-])c1. The molecular formula is C6H3ClN2O3. The number of carbonyl (C=O) groups excluding carboxylic acids is 1. The maximum absolute atomic E-state index is 10.5. The van der Waals surface area contributed by atoms with Crippen molar-refractivity contribution in [1.82, 2.24) is 4.98 Å². The van der Waals surface area contributed by atoms with Crippen LogP contribution in [0.15, 0.2) is 18.5 Å². The van der Waals surface area contributed by atoms with Crippen molar-refractivity contribution in [2.45, 2.75) is 0 Å². The molecule has 1 aromatic rings. The van der Waals surface area contributed by atoms with Gasteiger partial charge in [-0.05, 0) is 11.6 Å². The quantitative estimate of drug-likeness (QED) is 0.397. The van der Waals surface area contributed by atoms with E-state index in [-0.39, 0.29) is 11.3 Å². The fourth-order valence-electron chi connectivity index (χ4n) is 0.635. The Hall–Kier alpha value is -1.49. The standard InChI is InChI=1S/C6H3ClN2O3/c7-6(10)4-1-5(9(11)12)3-8-2-4/h1-3H. The molecule has 1 rings (SSSR count).